The minimum atomic E-state index is 0. The molecule has 2 aliphatic heterocycles. The van der Waals surface area contributed by atoms with Gasteiger partial charge in [0, 0.05) is 27.3 Å². The average molecular weight is 239 g/mol. The number of ether oxygens (including phenoxy) is 2. The first-order chi connectivity index (χ1) is 6.86. The summed E-state index contributed by atoms with van der Waals surface area (Å²) in [6, 6.07) is 0. The first-order valence-electron chi connectivity index (χ1n) is 5.34. The summed E-state index contributed by atoms with van der Waals surface area (Å²) in [6.07, 6.45) is 3.33. The van der Waals surface area contributed by atoms with E-state index in [2.05, 4.69) is 10.6 Å². The Morgan fingerprint density at radius 2 is 1.27 bits per heavy atom. The maximum absolute atomic E-state index is 5.05. The molecule has 0 amide bonds. The lowest BCUT2D eigenvalue weighted by atomic mass is 10.3. The van der Waals surface area contributed by atoms with Crippen molar-refractivity contribution in [3.63, 3.8) is 0 Å². The molecule has 15 heavy (non-hydrogen) atoms. The van der Waals surface area contributed by atoms with Gasteiger partial charge >= 0.3 is 0 Å². The molecule has 2 heterocycles. The second-order valence-corrected chi connectivity index (χ2v) is 3.70. The highest BCUT2D eigenvalue weighted by Gasteiger charge is 2.11. The van der Waals surface area contributed by atoms with Gasteiger partial charge in [-0.25, -0.2) is 0 Å². The van der Waals surface area contributed by atoms with Crippen molar-refractivity contribution in [2.45, 2.75) is 25.0 Å². The number of rotatable bonds is 2. The van der Waals surface area contributed by atoms with Gasteiger partial charge in [-0.2, -0.15) is 0 Å². The Balaban J connectivity index is 0.000000245. The molecule has 0 unspecified atom stereocenters. The van der Waals surface area contributed by atoms with Crippen LogP contribution >= 0.6 is 12.4 Å². The molecule has 0 aromatic heterocycles. The molecule has 2 rings (SSSR count). The summed E-state index contributed by atoms with van der Waals surface area (Å²) in [5.41, 5.74) is 0. The largest absolute Gasteiger partial charge is 0.380 e. The van der Waals surface area contributed by atoms with E-state index in [0.717, 1.165) is 26.2 Å². The monoisotopic (exact) mass is 238 g/mol. The van der Waals surface area contributed by atoms with Gasteiger partial charge in [-0.1, -0.05) is 0 Å². The molecule has 4 nitrogen and oxygen atoms in total. The molecule has 0 bridgehead atoms. The first kappa shape index (κ1) is 15.1. The summed E-state index contributed by atoms with van der Waals surface area (Å²) >= 11 is 0. The third kappa shape index (κ3) is 6.33. The fraction of sp³-hybridized carbons (Fsp3) is 1.00. The molecule has 0 radical (unpaired) electrons. The Morgan fingerprint density at radius 3 is 1.40 bits per heavy atom. The van der Waals surface area contributed by atoms with E-state index < -0.39 is 0 Å². The van der Waals surface area contributed by atoms with Crippen LogP contribution in [0.3, 0.4) is 0 Å². The number of hydrogen-bond acceptors (Lipinski definition) is 4. The highest BCUT2D eigenvalue weighted by Crippen LogP contribution is 1.99. The van der Waals surface area contributed by atoms with Crippen LogP contribution in [-0.4, -0.2) is 52.6 Å². The van der Waals surface area contributed by atoms with Crippen LogP contribution in [-0.2, 0) is 9.47 Å². The van der Waals surface area contributed by atoms with Crippen LogP contribution in [0, 0.1) is 0 Å². The molecular formula is C10H23ClN2O2. The summed E-state index contributed by atoms with van der Waals surface area (Å²) in [7, 11) is 3.52. The molecule has 2 saturated heterocycles. The summed E-state index contributed by atoms with van der Waals surface area (Å²) in [5.74, 6) is 0. The van der Waals surface area contributed by atoms with Gasteiger partial charge in [-0.3, -0.25) is 0 Å². The SMILES string of the molecule is CO[C@@H]1CCNC1.CO[C@@H]1CCNC1.Cl. The van der Waals surface area contributed by atoms with Gasteiger partial charge in [0.1, 0.15) is 0 Å². The van der Waals surface area contributed by atoms with E-state index in [4.69, 9.17) is 9.47 Å². The Labute approximate surface area is 98.5 Å². The van der Waals surface area contributed by atoms with Crippen LogP contribution in [0.2, 0.25) is 0 Å². The van der Waals surface area contributed by atoms with Gasteiger partial charge in [0.25, 0.3) is 0 Å². The van der Waals surface area contributed by atoms with E-state index in [1.54, 1.807) is 14.2 Å². The van der Waals surface area contributed by atoms with Crippen molar-refractivity contribution in [2.24, 2.45) is 0 Å². The maximum atomic E-state index is 5.05. The van der Waals surface area contributed by atoms with Crippen LogP contribution in [0.15, 0.2) is 0 Å². The molecule has 2 aliphatic rings. The Bertz CT molecular complexity index is 121. The molecule has 0 saturated carbocycles. The van der Waals surface area contributed by atoms with Crippen LogP contribution in [0.4, 0.5) is 0 Å². The third-order valence-corrected chi connectivity index (χ3v) is 2.70. The van der Waals surface area contributed by atoms with Crippen LogP contribution in [0.1, 0.15) is 12.8 Å². The zero-order valence-corrected chi connectivity index (χ0v) is 10.4. The van der Waals surface area contributed by atoms with E-state index >= 15 is 0 Å². The number of methoxy groups -OCH3 is 2. The second kappa shape index (κ2) is 9.36. The lowest BCUT2D eigenvalue weighted by Gasteiger charge is -2.01. The molecule has 2 atom stereocenters. The van der Waals surface area contributed by atoms with Crippen LogP contribution in [0.5, 0.6) is 0 Å². The van der Waals surface area contributed by atoms with Gasteiger partial charge < -0.3 is 20.1 Å². The van der Waals surface area contributed by atoms with E-state index in [1.807, 2.05) is 0 Å². The predicted molar refractivity (Wildman–Crippen MR) is 63.8 cm³/mol. The number of hydrogen-bond donors (Lipinski definition) is 2. The molecule has 2 fully saturated rings. The fourth-order valence-electron chi connectivity index (χ4n) is 1.66. The fourth-order valence-corrected chi connectivity index (χ4v) is 1.66. The number of halogens is 1. The van der Waals surface area contributed by atoms with Crippen LogP contribution in [0.25, 0.3) is 0 Å². The van der Waals surface area contributed by atoms with Crippen molar-refractivity contribution < 1.29 is 9.47 Å². The first-order valence-corrected chi connectivity index (χ1v) is 5.34. The summed E-state index contributed by atoms with van der Waals surface area (Å²) in [4.78, 5) is 0. The molecule has 0 aliphatic carbocycles. The van der Waals surface area contributed by atoms with E-state index in [-0.39, 0.29) is 12.4 Å². The quantitative estimate of drug-likeness (QED) is 0.732. The Morgan fingerprint density at radius 1 is 0.867 bits per heavy atom. The molecular weight excluding hydrogens is 216 g/mol. The van der Waals surface area contributed by atoms with Gasteiger partial charge in [0.2, 0.25) is 0 Å². The minimum Gasteiger partial charge on any atom is -0.380 e. The highest BCUT2D eigenvalue weighted by atomic mass is 35.5. The lowest BCUT2D eigenvalue weighted by molar-refractivity contribution is 0.119. The Hall–Kier alpha value is 0.130. The molecule has 0 spiro atoms. The smallest absolute Gasteiger partial charge is 0.0707 e. The van der Waals surface area contributed by atoms with Crippen molar-refractivity contribution in [1.29, 1.82) is 0 Å². The Kier molecular flexibility index (Phi) is 9.44. The van der Waals surface area contributed by atoms with Crippen molar-refractivity contribution >= 4 is 12.4 Å². The normalized spacial score (nSPS) is 29.2. The van der Waals surface area contributed by atoms with Gasteiger partial charge in [0.15, 0.2) is 0 Å². The zero-order valence-electron chi connectivity index (χ0n) is 9.62. The van der Waals surface area contributed by atoms with Gasteiger partial charge in [0.05, 0.1) is 12.2 Å². The summed E-state index contributed by atoms with van der Waals surface area (Å²) in [6.45, 7) is 4.32. The minimum absolute atomic E-state index is 0. The topological polar surface area (TPSA) is 42.5 Å². The van der Waals surface area contributed by atoms with Crippen LogP contribution < -0.4 is 10.6 Å². The van der Waals surface area contributed by atoms with E-state index in [1.165, 1.54) is 12.8 Å². The zero-order chi connectivity index (χ0) is 10.2. The average Bonchev–Trinajstić information content (AvgIpc) is 2.92. The third-order valence-electron chi connectivity index (χ3n) is 2.70. The standard InChI is InChI=1S/2C5H11NO.ClH/c2*1-7-5-2-3-6-4-5;/h2*5-6H,2-4H2,1H3;1H/t2*5-;/m11./s1. The molecule has 2 N–H and O–H groups in total. The van der Waals surface area contributed by atoms with E-state index in [0.29, 0.717) is 12.2 Å². The van der Waals surface area contributed by atoms with Crippen molar-refractivity contribution in [3.8, 4) is 0 Å². The maximum Gasteiger partial charge on any atom is 0.0707 e. The van der Waals surface area contributed by atoms with Crippen molar-refractivity contribution in [3.05, 3.63) is 0 Å². The van der Waals surface area contributed by atoms with Crippen molar-refractivity contribution in [2.75, 3.05) is 40.4 Å². The molecule has 0 aromatic rings. The lowest BCUT2D eigenvalue weighted by Crippen LogP contribution is -2.14. The molecule has 0 aromatic carbocycles. The van der Waals surface area contributed by atoms with Crippen molar-refractivity contribution in [1.82, 2.24) is 10.6 Å². The molecule has 92 valence electrons. The number of nitrogens with one attached hydrogen (secondary N) is 2. The van der Waals surface area contributed by atoms with Gasteiger partial charge in [-0.05, 0) is 25.9 Å². The molecule has 5 heteroatoms. The van der Waals surface area contributed by atoms with Gasteiger partial charge in [-0.15, -0.1) is 12.4 Å². The predicted octanol–water partition coefficient (Wildman–Crippen LogP) is 0.411. The second-order valence-electron chi connectivity index (χ2n) is 3.70. The summed E-state index contributed by atoms with van der Waals surface area (Å²) in [5, 5.41) is 6.40. The summed E-state index contributed by atoms with van der Waals surface area (Å²) < 4.78 is 10.1. The van der Waals surface area contributed by atoms with E-state index in [9.17, 15) is 0 Å². The highest BCUT2D eigenvalue weighted by molar-refractivity contribution is 5.85.